The molecule has 1 N–H and O–H groups in total. The predicted octanol–water partition coefficient (Wildman–Crippen LogP) is 3.11. The largest absolute Gasteiger partial charge is 0.482 e. The Labute approximate surface area is 159 Å². The minimum Gasteiger partial charge on any atom is -0.482 e. The van der Waals surface area contributed by atoms with E-state index in [0.29, 0.717) is 11.4 Å². The predicted molar refractivity (Wildman–Crippen MR) is 104 cm³/mol. The zero-order chi connectivity index (χ0) is 19.7. The number of hydrogen-bond donors (Lipinski definition) is 1. The van der Waals surface area contributed by atoms with Crippen molar-refractivity contribution in [1.29, 1.82) is 0 Å². The van der Waals surface area contributed by atoms with E-state index in [0.717, 1.165) is 10.8 Å². The number of nitro groups is 1. The Hall–Kier alpha value is -3.94. The first kappa shape index (κ1) is 17.5. The monoisotopic (exact) mass is 377 g/mol. The molecule has 140 valence electrons. The van der Waals surface area contributed by atoms with Crippen LogP contribution in [0.3, 0.4) is 0 Å². The van der Waals surface area contributed by atoms with E-state index in [1.54, 1.807) is 6.07 Å². The van der Waals surface area contributed by atoms with E-state index in [1.165, 1.54) is 23.1 Å². The van der Waals surface area contributed by atoms with Gasteiger partial charge in [0.05, 0.1) is 10.6 Å². The lowest BCUT2D eigenvalue weighted by Crippen LogP contribution is -2.43. The summed E-state index contributed by atoms with van der Waals surface area (Å²) < 4.78 is 5.31. The maximum Gasteiger partial charge on any atom is 0.271 e. The maximum absolute atomic E-state index is 12.6. The number of nitrogens with zero attached hydrogens (tertiary/aromatic N) is 2. The van der Waals surface area contributed by atoms with E-state index in [4.69, 9.17) is 4.74 Å². The number of hydrogen-bond acceptors (Lipinski definition) is 5. The number of nitrogens with one attached hydrogen (secondary N) is 1. The van der Waals surface area contributed by atoms with E-state index in [2.05, 4.69) is 5.32 Å². The SMILES string of the molecule is O=C(CN1C(=O)COc2ccc([N+](=O)[O-])cc21)Nc1cccc2ccccc12. The van der Waals surface area contributed by atoms with Crippen molar-refractivity contribution in [2.24, 2.45) is 0 Å². The molecule has 0 spiro atoms. The smallest absolute Gasteiger partial charge is 0.271 e. The van der Waals surface area contributed by atoms with Crippen LogP contribution in [0.1, 0.15) is 0 Å². The second kappa shape index (κ2) is 6.99. The standard InChI is InChI=1S/C20H15N3O5/c24-19(21-16-7-3-5-13-4-1-2-6-15(13)16)11-22-17-10-14(23(26)27)8-9-18(17)28-12-20(22)25/h1-10H,11-12H2,(H,21,24). The topological polar surface area (TPSA) is 102 Å². The molecule has 3 aromatic rings. The molecule has 0 atom stereocenters. The molecule has 2 amide bonds. The van der Waals surface area contributed by atoms with Crippen molar-refractivity contribution < 1.29 is 19.2 Å². The number of ether oxygens (including phenoxy) is 1. The van der Waals surface area contributed by atoms with Crippen molar-refractivity contribution in [2.45, 2.75) is 0 Å². The molecule has 0 saturated heterocycles. The zero-order valence-electron chi connectivity index (χ0n) is 14.6. The number of carbonyl (C=O) groups is 2. The van der Waals surface area contributed by atoms with E-state index >= 15 is 0 Å². The van der Waals surface area contributed by atoms with Crippen LogP contribution in [0.2, 0.25) is 0 Å². The quantitative estimate of drug-likeness (QED) is 0.556. The number of carbonyl (C=O) groups excluding carboxylic acids is 2. The number of rotatable bonds is 4. The fourth-order valence-electron chi connectivity index (χ4n) is 3.15. The summed E-state index contributed by atoms with van der Waals surface area (Å²) in [4.78, 5) is 36.6. The summed E-state index contributed by atoms with van der Waals surface area (Å²) in [6.07, 6.45) is 0. The molecule has 0 fully saturated rings. The van der Waals surface area contributed by atoms with Crippen LogP contribution < -0.4 is 15.0 Å². The third-order valence-corrected chi connectivity index (χ3v) is 4.46. The second-order valence-electron chi connectivity index (χ2n) is 6.25. The summed E-state index contributed by atoms with van der Waals surface area (Å²) in [6.45, 7) is -0.508. The highest BCUT2D eigenvalue weighted by molar-refractivity contribution is 6.08. The van der Waals surface area contributed by atoms with Crippen LogP contribution in [-0.2, 0) is 9.59 Å². The molecule has 1 aliphatic rings. The first-order chi connectivity index (χ1) is 13.5. The van der Waals surface area contributed by atoms with Crippen molar-refractivity contribution in [3.05, 3.63) is 70.8 Å². The van der Waals surface area contributed by atoms with Crippen molar-refractivity contribution in [2.75, 3.05) is 23.4 Å². The molecule has 0 radical (unpaired) electrons. The molecule has 0 bridgehead atoms. The number of benzene rings is 3. The summed E-state index contributed by atoms with van der Waals surface area (Å²) in [7, 11) is 0. The highest BCUT2D eigenvalue weighted by Gasteiger charge is 2.29. The van der Waals surface area contributed by atoms with Crippen LogP contribution in [0.5, 0.6) is 5.75 Å². The van der Waals surface area contributed by atoms with E-state index in [-0.39, 0.29) is 24.5 Å². The van der Waals surface area contributed by atoms with Crippen LogP contribution in [0.15, 0.2) is 60.7 Å². The molecule has 1 aliphatic heterocycles. The van der Waals surface area contributed by atoms with Crippen molar-refractivity contribution in [3.8, 4) is 5.75 Å². The summed E-state index contributed by atoms with van der Waals surface area (Å²) >= 11 is 0. The van der Waals surface area contributed by atoms with E-state index in [1.807, 2.05) is 36.4 Å². The summed E-state index contributed by atoms with van der Waals surface area (Å²) in [6, 6.07) is 17.1. The van der Waals surface area contributed by atoms with Gasteiger partial charge in [-0.2, -0.15) is 0 Å². The third-order valence-electron chi connectivity index (χ3n) is 4.46. The minimum atomic E-state index is -0.562. The van der Waals surface area contributed by atoms with Gasteiger partial charge in [-0.15, -0.1) is 0 Å². The average Bonchev–Trinajstić information content (AvgIpc) is 2.70. The molecule has 8 nitrogen and oxygen atoms in total. The van der Waals surface area contributed by atoms with Crippen LogP contribution in [-0.4, -0.2) is 29.9 Å². The van der Waals surface area contributed by atoms with Crippen LogP contribution >= 0.6 is 0 Å². The molecule has 4 rings (SSSR count). The van der Waals surface area contributed by atoms with Gasteiger partial charge in [0.1, 0.15) is 12.3 Å². The fraction of sp³-hybridized carbons (Fsp3) is 0.100. The first-order valence-corrected chi connectivity index (χ1v) is 8.52. The average molecular weight is 377 g/mol. The van der Waals surface area contributed by atoms with Gasteiger partial charge in [0.15, 0.2) is 6.61 Å². The molecule has 0 unspecified atom stereocenters. The Kier molecular flexibility index (Phi) is 4.36. The molecule has 8 heteroatoms. The third kappa shape index (κ3) is 3.23. The Morgan fingerprint density at radius 3 is 2.75 bits per heavy atom. The molecule has 28 heavy (non-hydrogen) atoms. The van der Waals surface area contributed by atoms with Gasteiger partial charge in [-0.1, -0.05) is 36.4 Å². The number of amides is 2. The van der Waals surface area contributed by atoms with Gasteiger partial charge in [-0.05, 0) is 17.5 Å². The van der Waals surface area contributed by atoms with Crippen LogP contribution in [0.4, 0.5) is 17.1 Å². The molecular weight excluding hydrogens is 362 g/mol. The zero-order valence-corrected chi connectivity index (χ0v) is 14.6. The normalized spacial score (nSPS) is 13.0. The highest BCUT2D eigenvalue weighted by Crippen LogP contribution is 2.35. The molecule has 0 aromatic heterocycles. The van der Waals surface area contributed by atoms with Crippen molar-refractivity contribution in [1.82, 2.24) is 0 Å². The molecule has 3 aromatic carbocycles. The van der Waals surface area contributed by atoms with Gasteiger partial charge in [-0.3, -0.25) is 24.6 Å². The van der Waals surface area contributed by atoms with Gasteiger partial charge in [0, 0.05) is 23.2 Å². The lowest BCUT2D eigenvalue weighted by Gasteiger charge is -2.28. The lowest BCUT2D eigenvalue weighted by molar-refractivity contribution is -0.384. The highest BCUT2D eigenvalue weighted by atomic mass is 16.6. The van der Waals surface area contributed by atoms with E-state index < -0.39 is 16.7 Å². The Morgan fingerprint density at radius 2 is 1.93 bits per heavy atom. The van der Waals surface area contributed by atoms with E-state index in [9.17, 15) is 19.7 Å². The lowest BCUT2D eigenvalue weighted by atomic mass is 10.1. The summed E-state index contributed by atoms with van der Waals surface area (Å²) in [5.74, 6) is -0.534. The van der Waals surface area contributed by atoms with Gasteiger partial charge in [-0.25, -0.2) is 0 Å². The Morgan fingerprint density at radius 1 is 1.14 bits per heavy atom. The summed E-state index contributed by atoms with van der Waals surface area (Å²) in [5.41, 5.74) is 0.651. The fourth-order valence-corrected chi connectivity index (χ4v) is 3.15. The Bertz CT molecular complexity index is 1110. The Balaban J connectivity index is 1.60. The molecule has 0 saturated carbocycles. The molecular formula is C20H15N3O5. The number of non-ortho nitro benzene ring substituents is 1. The van der Waals surface area contributed by atoms with Crippen molar-refractivity contribution >= 4 is 39.6 Å². The number of anilines is 2. The first-order valence-electron chi connectivity index (χ1n) is 8.52. The van der Waals surface area contributed by atoms with Gasteiger partial charge < -0.3 is 10.1 Å². The van der Waals surface area contributed by atoms with Gasteiger partial charge in [0.25, 0.3) is 11.6 Å². The maximum atomic E-state index is 12.6. The van der Waals surface area contributed by atoms with Crippen LogP contribution in [0, 0.1) is 10.1 Å². The second-order valence-corrected chi connectivity index (χ2v) is 6.25. The van der Waals surface area contributed by atoms with Gasteiger partial charge >= 0.3 is 0 Å². The number of nitro benzene ring substituents is 1. The minimum absolute atomic E-state index is 0.184. The molecule has 0 aliphatic carbocycles. The number of fused-ring (bicyclic) bond motifs is 2. The summed E-state index contributed by atoms with van der Waals surface area (Å²) in [5, 5.41) is 15.7. The van der Waals surface area contributed by atoms with Crippen molar-refractivity contribution in [3.63, 3.8) is 0 Å². The van der Waals surface area contributed by atoms with Crippen LogP contribution in [0.25, 0.3) is 10.8 Å². The van der Waals surface area contributed by atoms with Gasteiger partial charge in [0.2, 0.25) is 5.91 Å². The molecule has 1 heterocycles.